The molecule has 0 saturated heterocycles. The number of nitrogens with zero attached hydrogens (tertiary/aromatic N) is 2. The maximum atomic E-state index is 5.76. The van der Waals surface area contributed by atoms with Crippen LogP contribution >= 0.6 is 0 Å². The van der Waals surface area contributed by atoms with Gasteiger partial charge >= 0.3 is 0 Å². The maximum Gasteiger partial charge on any atom is 0.147 e. The van der Waals surface area contributed by atoms with Gasteiger partial charge in [-0.25, -0.2) is 4.98 Å². The number of aryl methyl sites for hydroxylation is 1. The van der Waals surface area contributed by atoms with Crippen LogP contribution in [-0.4, -0.2) is 22.1 Å². The Balaban J connectivity index is 2.13. The number of hydrogen-bond donors (Lipinski definition) is 2. The monoisotopic (exact) mass is 192 g/mol. The fourth-order valence-corrected chi connectivity index (χ4v) is 1.77. The highest BCUT2D eigenvalue weighted by atomic mass is 15.1. The minimum Gasteiger partial charge on any atom is -0.362 e. The number of hydrogen-bond acceptors (Lipinski definition) is 4. The molecule has 4 heteroatoms. The standard InChI is InChI=1S/C10H16N4/c1-8-9(13-6-5-12-8)14-10(7-11)3-2-4-10/h5-6H,2-4,7,11H2,1H3,(H,13,14). The molecule has 0 aliphatic heterocycles. The van der Waals surface area contributed by atoms with Gasteiger partial charge in [-0.3, -0.25) is 4.98 Å². The minimum atomic E-state index is 0.0841. The third-order valence-corrected chi connectivity index (χ3v) is 2.97. The Morgan fingerprint density at radius 1 is 1.43 bits per heavy atom. The normalized spacial score (nSPS) is 18.7. The smallest absolute Gasteiger partial charge is 0.147 e. The van der Waals surface area contributed by atoms with Gasteiger partial charge in [-0.15, -0.1) is 0 Å². The lowest BCUT2D eigenvalue weighted by molar-refractivity contribution is 0.286. The van der Waals surface area contributed by atoms with E-state index in [1.807, 2.05) is 6.92 Å². The van der Waals surface area contributed by atoms with E-state index in [4.69, 9.17) is 5.73 Å². The van der Waals surface area contributed by atoms with E-state index in [0.29, 0.717) is 6.54 Å². The Kier molecular flexibility index (Phi) is 2.37. The summed E-state index contributed by atoms with van der Waals surface area (Å²) in [5, 5.41) is 3.41. The van der Waals surface area contributed by atoms with Crippen molar-refractivity contribution in [3.63, 3.8) is 0 Å². The van der Waals surface area contributed by atoms with Crippen molar-refractivity contribution in [3.05, 3.63) is 18.1 Å². The lowest BCUT2D eigenvalue weighted by Gasteiger charge is -2.42. The molecular formula is C10H16N4. The first-order valence-corrected chi connectivity index (χ1v) is 5.02. The van der Waals surface area contributed by atoms with Crippen molar-refractivity contribution in [2.45, 2.75) is 31.7 Å². The van der Waals surface area contributed by atoms with Crippen LogP contribution in [0.3, 0.4) is 0 Å². The van der Waals surface area contributed by atoms with Gasteiger partial charge in [0.1, 0.15) is 5.82 Å². The van der Waals surface area contributed by atoms with Crippen LogP contribution in [0.5, 0.6) is 0 Å². The molecule has 1 heterocycles. The molecule has 1 saturated carbocycles. The Labute approximate surface area is 83.9 Å². The quantitative estimate of drug-likeness (QED) is 0.752. The van der Waals surface area contributed by atoms with Gasteiger partial charge in [-0.1, -0.05) is 0 Å². The van der Waals surface area contributed by atoms with Gasteiger partial charge in [0.25, 0.3) is 0 Å². The number of aromatic nitrogens is 2. The summed E-state index contributed by atoms with van der Waals surface area (Å²) in [5.74, 6) is 0.873. The molecular weight excluding hydrogens is 176 g/mol. The first-order valence-electron chi connectivity index (χ1n) is 5.02. The van der Waals surface area contributed by atoms with Crippen LogP contribution in [0, 0.1) is 6.92 Å². The largest absolute Gasteiger partial charge is 0.362 e. The molecule has 1 aromatic heterocycles. The van der Waals surface area contributed by atoms with Gasteiger partial charge in [0.05, 0.1) is 11.2 Å². The molecule has 2 rings (SSSR count). The van der Waals surface area contributed by atoms with Gasteiger partial charge < -0.3 is 11.1 Å². The van der Waals surface area contributed by atoms with Gasteiger partial charge in [-0.05, 0) is 26.2 Å². The van der Waals surface area contributed by atoms with Crippen molar-refractivity contribution < 1.29 is 0 Å². The highest BCUT2D eigenvalue weighted by Gasteiger charge is 2.35. The second-order valence-corrected chi connectivity index (χ2v) is 3.95. The van der Waals surface area contributed by atoms with E-state index in [-0.39, 0.29) is 5.54 Å². The van der Waals surface area contributed by atoms with E-state index in [1.165, 1.54) is 6.42 Å². The van der Waals surface area contributed by atoms with Crippen molar-refractivity contribution in [2.24, 2.45) is 5.73 Å². The molecule has 4 nitrogen and oxygen atoms in total. The van der Waals surface area contributed by atoms with Crippen molar-refractivity contribution in [1.29, 1.82) is 0 Å². The molecule has 1 fully saturated rings. The van der Waals surface area contributed by atoms with Crippen LogP contribution in [0.25, 0.3) is 0 Å². The van der Waals surface area contributed by atoms with Crippen LogP contribution < -0.4 is 11.1 Å². The summed E-state index contributed by atoms with van der Waals surface area (Å²) in [7, 11) is 0. The van der Waals surface area contributed by atoms with Crippen LogP contribution in [-0.2, 0) is 0 Å². The molecule has 1 aliphatic carbocycles. The second-order valence-electron chi connectivity index (χ2n) is 3.95. The summed E-state index contributed by atoms with van der Waals surface area (Å²) in [6.07, 6.45) is 6.94. The van der Waals surface area contributed by atoms with E-state index in [1.54, 1.807) is 12.4 Å². The highest BCUT2D eigenvalue weighted by molar-refractivity contribution is 5.42. The van der Waals surface area contributed by atoms with Gasteiger partial charge in [0, 0.05) is 18.9 Å². The topological polar surface area (TPSA) is 63.8 Å². The summed E-state index contributed by atoms with van der Waals surface area (Å²) < 4.78 is 0. The van der Waals surface area contributed by atoms with Gasteiger partial charge in [0.2, 0.25) is 0 Å². The summed E-state index contributed by atoms with van der Waals surface area (Å²) in [6.45, 7) is 2.63. The van der Waals surface area contributed by atoms with E-state index >= 15 is 0 Å². The average molecular weight is 192 g/mol. The molecule has 3 N–H and O–H groups in total. The van der Waals surface area contributed by atoms with Crippen LogP contribution in [0.15, 0.2) is 12.4 Å². The fourth-order valence-electron chi connectivity index (χ4n) is 1.77. The van der Waals surface area contributed by atoms with Crippen LogP contribution in [0.1, 0.15) is 25.0 Å². The SMILES string of the molecule is Cc1nccnc1NC1(CN)CCC1. The highest BCUT2D eigenvalue weighted by Crippen LogP contribution is 2.34. The van der Waals surface area contributed by atoms with Crippen molar-refractivity contribution in [2.75, 3.05) is 11.9 Å². The molecule has 0 aromatic carbocycles. The van der Waals surface area contributed by atoms with Crippen molar-refractivity contribution in [1.82, 2.24) is 9.97 Å². The zero-order valence-electron chi connectivity index (χ0n) is 8.45. The van der Waals surface area contributed by atoms with Crippen LogP contribution in [0.2, 0.25) is 0 Å². The minimum absolute atomic E-state index is 0.0841. The molecule has 76 valence electrons. The number of anilines is 1. The second kappa shape index (κ2) is 3.53. The molecule has 0 spiro atoms. The Morgan fingerprint density at radius 2 is 2.14 bits per heavy atom. The molecule has 0 radical (unpaired) electrons. The zero-order valence-corrected chi connectivity index (χ0v) is 8.45. The third kappa shape index (κ3) is 1.57. The van der Waals surface area contributed by atoms with Gasteiger partial charge in [0.15, 0.2) is 0 Å². The third-order valence-electron chi connectivity index (χ3n) is 2.97. The average Bonchev–Trinajstić information content (AvgIpc) is 2.14. The van der Waals surface area contributed by atoms with Crippen molar-refractivity contribution >= 4 is 5.82 Å². The van der Waals surface area contributed by atoms with Crippen molar-refractivity contribution in [3.8, 4) is 0 Å². The number of nitrogens with one attached hydrogen (secondary N) is 1. The lowest BCUT2D eigenvalue weighted by Crippen LogP contribution is -2.51. The Morgan fingerprint density at radius 3 is 2.64 bits per heavy atom. The molecule has 1 aromatic rings. The fraction of sp³-hybridized carbons (Fsp3) is 0.600. The first kappa shape index (κ1) is 9.40. The Bertz CT molecular complexity index is 314. The van der Waals surface area contributed by atoms with E-state index < -0.39 is 0 Å². The van der Waals surface area contributed by atoms with E-state index in [2.05, 4.69) is 15.3 Å². The number of nitrogens with two attached hydrogens (primary N) is 1. The van der Waals surface area contributed by atoms with Gasteiger partial charge in [-0.2, -0.15) is 0 Å². The molecule has 1 aliphatic rings. The molecule has 14 heavy (non-hydrogen) atoms. The molecule has 0 bridgehead atoms. The van der Waals surface area contributed by atoms with E-state index in [9.17, 15) is 0 Å². The predicted molar refractivity (Wildman–Crippen MR) is 56.0 cm³/mol. The Hall–Kier alpha value is -1.16. The number of rotatable bonds is 3. The van der Waals surface area contributed by atoms with Crippen LogP contribution in [0.4, 0.5) is 5.82 Å². The first-order chi connectivity index (χ1) is 6.76. The summed E-state index contributed by atoms with van der Waals surface area (Å²) in [4.78, 5) is 8.45. The van der Waals surface area contributed by atoms with E-state index in [0.717, 1.165) is 24.4 Å². The molecule has 0 amide bonds. The summed E-state index contributed by atoms with van der Waals surface area (Å²) >= 11 is 0. The predicted octanol–water partition coefficient (Wildman–Crippen LogP) is 1.08. The zero-order chi connectivity index (χ0) is 10.0. The molecule has 0 unspecified atom stereocenters. The summed E-state index contributed by atoms with van der Waals surface area (Å²) in [5.41, 5.74) is 6.78. The lowest BCUT2D eigenvalue weighted by atomic mass is 9.77. The molecule has 0 atom stereocenters. The maximum absolute atomic E-state index is 5.76. The summed E-state index contributed by atoms with van der Waals surface area (Å²) in [6, 6.07) is 0.